The summed E-state index contributed by atoms with van der Waals surface area (Å²) in [6, 6.07) is 4.35. The third-order valence-electron chi connectivity index (χ3n) is 4.91. The number of pyridine rings is 1. The van der Waals surface area contributed by atoms with Gasteiger partial charge in [-0.1, -0.05) is 0 Å². The Morgan fingerprint density at radius 2 is 1.94 bits per heavy atom. The van der Waals surface area contributed by atoms with Gasteiger partial charge in [-0.3, -0.25) is 19.6 Å². The number of carbonyl (C=O) groups excluding carboxylic acids is 1. The van der Waals surface area contributed by atoms with Crippen LogP contribution in [-0.2, 0) is 24.5 Å². The average Bonchev–Trinajstić information content (AvgIpc) is 2.78. The molecule has 3 aromatic rings. The topological polar surface area (TPSA) is 112 Å². The molecule has 11 heteroatoms. The number of hydrogen-bond donors (Lipinski definition) is 2. The van der Waals surface area contributed by atoms with Crippen LogP contribution in [0.3, 0.4) is 0 Å². The maximum atomic E-state index is 13.8. The van der Waals surface area contributed by atoms with Gasteiger partial charge in [0.2, 0.25) is 5.91 Å². The van der Waals surface area contributed by atoms with Gasteiger partial charge in [-0.15, -0.1) is 0 Å². The SMILES string of the molecule is Cc1cc(OCc2ccc(F)cc2F)c(Br)c(=O)n1Cc1cnc(CN[C@H](C)C(N)=O)cn1. The molecule has 174 valence electrons. The minimum atomic E-state index is -0.725. The molecular weight excluding hydrogens is 500 g/mol. The summed E-state index contributed by atoms with van der Waals surface area (Å²) in [5, 5.41) is 2.93. The van der Waals surface area contributed by atoms with E-state index in [4.69, 9.17) is 10.5 Å². The van der Waals surface area contributed by atoms with Crippen LogP contribution in [0.1, 0.15) is 29.6 Å². The highest BCUT2D eigenvalue weighted by Gasteiger charge is 2.15. The van der Waals surface area contributed by atoms with E-state index in [2.05, 4.69) is 31.2 Å². The number of rotatable bonds is 9. The summed E-state index contributed by atoms with van der Waals surface area (Å²) in [7, 11) is 0. The molecule has 1 atom stereocenters. The highest BCUT2D eigenvalue weighted by molar-refractivity contribution is 9.10. The van der Waals surface area contributed by atoms with Crippen molar-refractivity contribution in [2.24, 2.45) is 5.73 Å². The lowest BCUT2D eigenvalue weighted by atomic mass is 10.2. The van der Waals surface area contributed by atoms with Crippen molar-refractivity contribution in [3.63, 3.8) is 0 Å². The van der Waals surface area contributed by atoms with Crippen LogP contribution < -0.4 is 21.3 Å². The van der Waals surface area contributed by atoms with Crippen LogP contribution in [0.5, 0.6) is 5.75 Å². The largest absolute Gasteiger partial charge is 0.487 e. The Morgan fingerprint density at radius 3 is 2.58 bits per heavy atom. The van der Waals surface area contributed by atoms with Crippen molar-refractivity contribution >= 4 is 21.8 Å². The zero-order valence-corrected chi connectivity index (χ0v) is 19.5. The van der Waals surface area contributed by atoms with Crippen LogP contribution in [0.4, 0.5) is 8.78 Å². The molecule has 2 heterocycles. The molecule has 0 bridgehead atoms. The standard InChI is InChI=1S/C22H22BrF2N5O3/c1-12-5-19(33-11-14-3-4-15(24)6-18(14)25)20(23)22(32)30(12)10-17-9-28-16(8-29-17)7-27-13(2)21(26)31/h3-6,8-9,13,27H,7,10-11H2,1-2H3,(H2,26,31)/t13-/m1/s1. The Bertz CT molecular complexity index is 1220. The van der Waals surface area contributed by atoms with Crippen molar-refractivity contribution in [1.82, 2.24) is 19.9 Å². The normalized spacial score (nSPS) is 11.9. The second kappa shape index (κ2) is 10.6. The fourth-order valence-electron chi connectivity index (χ4n) is 2.89. The van der Waals surface area contributed by atoms with Gasteiger partial charge in [0.05, 0.1) is 36.4 Å². The smallest absolute Gasteiger partial charge is 0.269 e. The predicted octanol–water partition coefficient (Wildman–Crippen LogP) is 2.58. The van der Waals surface area contributed by atoms with Crippen LogP contribution in [0.15, 0.2) is 45.9 Å². The van der Waals surface area contributed by atoms with Crippen molar-refractivity contribution in [3.8, 4) is 5.75 Å². The van der Waals surface area contributed by atoms with E-state index in [1.54, 1.807) is 32.3 Å². The predicted molar refractivity (Wildman–Crippen MR) is 120 cm³/mol. The van der Waals surface area contributed by atoms with Crippen molar-refractivity contribution in [3.05, 3.63) is 85.8 Å². The van der Waals surface area contributed by atoms with E-state index >= 15 is 0 Å². The minimum absolute atomic E-state index is 0.164. The second-order valence-corrected chi connectivity index (χ2v) is 8.18. The number of ether oxygens (including phenoxy) is 1. The van der Waals surface area contributed by atoms with Crippen molar-refractivity contribution in [2.75, 3.05) is 0 Å². The molecule has 0 spiro atoms. The van der Waals surface area contributed by atoms with E-state index < -0.39 is 23.6 Å². The molecule has 0 unspecified atom stereocenters. The molecule has 0 saturated carbocycles. The number of aromatic nitrogens is 3. The first kappa shape index (κ1) is 24.5. The Balaban J connectivity index is 1.71. The fraction of sp³-hybridized carbons (Fsp3) is 0.273. The highest BCUT2D eigenvalue weighted by Crippen LogP contribution is 2.24. The van der Waals surface area contributed by atoms with E-state index in [-0.39, 0.29) is 34.5 Å². The maximum absolute atomic E-state index is 13.8. The Hall–Kier alpha value is -3.18. The van der Waals surface area contributed by atoms with Crippen LogP contribution in [0.25, 0.3) is 0 Å². The van der Waals surface area contributed by atoms with Gasteiger partial charge in [-0.2, -0.15) is 0 Å². The number of primary amides is 1. The molecule has 0 aliphatic carbocycles. The van der Waals surface area contributed by atoms with Gasteiger partial charge in [-0.05, 0) is 41.9 Å². The molecule has 33 heavy (non-hydrogen) atoms. The first-order chi connectivity index (χ1) is 15.7. The van der Waals surface area contributed by atoms with Gasteiger partial charge < -0.3 is 20.4 Å². The lowest BCUT2D eigenvalue weighted by molar-refractivity contribution is -0.119. The summed E-state index contributed by atoms with van der Waals surface area (Å²) in [5.74, 6) is -1.62. The second-order valence-electron chi connectivity index (χ2n) is 7.38. The summed E-state index contributed by atoms with van der Waals surface area (Å²) in [4.78, 5) is 32.6. The fourth-order valence-corrected chi connectivity index (χ4v) is 3.33. The minimum Gasteiger partial charge on any atom is -0.487 e. The van der Waals surface area contributed by atoms with Gasteiger partial charge in [0.25, 0.3) is 5.56 Å². The lowest BCUT2D eigenvalue weighted by Crippen LogP contribution is -2.38. The molecule has 0 aliphatic rings. The molecule has 0 fully saturated rings. The van der Waals surface area contributed by atoms with E-state index in [1.807, 2.05) is 0 Å². The average molecular weight is 522 g/mol. The molecule has 1 aromatic carbocycles. The van der Waals surface area contributed by atoms with E-state index in [9.17, 15) is 18.4 Å². The van der Waals surface area contributed by atoms with Crippen molar-refractivity contribution in [2.45, 2.75) is 39.6 Å². The van der Waals surface area contributed by atoms with Crippen LogP contribution in [0, 0.1) is 18.6 Å². The summed E-state index contributed by atoms with van der Waals surface area (Å²) >= 11 is 3.25. The third-order valence-corrected chi connectivity index (χ3v) is 5.64. The number of aryl methyl sites for hydroxylation is 1. The monoisotopic (exact) mass is 521 g/mol. The van der Waals surface area contributed by atoms with E-state index in [1.165, 1.54) is 10.6 Å². The summed E-state index contributed by atoms with van der Waals surface area (Å²) in [6.45, 7) is 3.72. The van der Waals surface area contributed by atoms with Gasteiger partial charge in [0, 0.05) is 29.9 Å². The number of nitrogens with one attached hydrogen (secondary N) is 1. The molecule has 0 radical (unpaired) electrons. The number of nitrogens with zero attached hydrogens (tertiary/aromatic N) is 3. The van der Waals surface area contributed by atoms with E-state index in [0.29, 0.717) is 23.6 Å². The molecule has 0 saturated heterocycles. The number of halogens is 3. The lowest BCUT2D eigenvalue weighted by Gasteiger charge is -2.15. The summed E-state index contributed by atoms with van der Waals surface area (Å²) < 4.78 is 34.2. The highest BCUT2D eigenvalue weighted by atomic mass is 79.9. The Morgan fingerprint density at radius 1 is 1.24 bits per heavy atom. The first-order valence-corrected chi connectivity index (χ1v) is 10.7. The number of benzene rings is 1. The van der Waals surface area contributed by atoms with Crippen LogP contribution in [0.2, 0.25) is 0 Å². The van der Waals surface area contributed by atoms with Crippen LogP contribution >= 0.6 is 15.9 Å². The van der Waals surface area contributed by atoms with Gasteiger partial charge >= 0.3 is 0 Å². The van der Waals surface area contributed by atoms with Gasteiger partial charge in [0.15, 0.2) is 0 Å². The number of carbonyl (C=O) groups is 1. The maximum Gasteiger partial charge on any atom is 0.269 e. The molecule has 3 N–H and O–H groups in total. The summed E-state index contributed by atoms with van der Waals surface area (Å²) in [6.07, 6.45) is 3.10. The molecule has 2 aromatic heterocycles. The van der Waals surface area contributed by atoms with Crippen molar-refractivity contribution < 1.29 is 18.3 Å². The van der Waals surface area contributed by atoms with E-state index in [0.717, 1.165) is 12.1 Å². The third kappa shape index (κ3) is 6.20. The van der Waals surface area contributed by atoms with Crippen LogP contribution in [-0.4, -0.2) is 26.5 Å². The summed E-state index contributed by atoms with van der Waals surface area (Å²) in [5.41, 5.74) is 6.79. The molecule has 1 amide bonds. The molecular formula is C22H22BrF2N5O3. The van der Waals surface area contributed by atoms with Crippen molar-refractivity contribution in [1.29, 1.82) is 0 Å². The zero-order chi connectivity index (χ0) is 24.1. The first-order valence-electron chi connectivity index (χ1n) is 9.95. The molecule has 8 nitrogen and oxygen atoms in total. The number of hydrogen-bond acceptors (Lipinski definition) is 6. The molecule has 0 aliphatic heterocycles. The molecule has 3 rings (SSSR count). The Labute approximate surface area is 196 Å². The quantitative estimate of drug-likeness (QED) is 0.447. The number of amides is 1. The van der Waals surface area contributed by atoms with Gasteiger partial charge in [-0.25, -0.2) is 8.78 Å². The zero-order valence-electron chi connectivity index (χ0n) is 17.9. The number of nitrogens with two attached hydrogens (primary N) is 1. The Kier molecular flexibility index (Phi) is 7.88. The van der Waals surface area contributed by atoms with Gasteiger partial charge in [0.1, 0.15) is 28.5 Å².